The molecule has 1 aromatic carbocycles. The lowest BCUT2D eigenvalue weighted by atomic mass is 9.83. The molecule has 0 spiro atoms. The Bertz CT molecular complexity index is 542. The Hall–Kier alpha value is -1.64. The number of nitrogens with one attached hydrogen (secondary N) is 1. The van der Waals surface area contributed by atoms with Gasteiger partial charge in [0.25, 0.3) is 0 Å². The maximum atomic E-state index is 10.2. The van der Waals surface area contributed by atoms with Gasteiger partial charge in [-0.1, -0.05) is 6.92 Å². The number of aromatic hydroxyl groups is 2. The van der Waals surface area contributed by atoms with E-state index in [0.29, 0.717) is 12.1 Å². The summed E-state index contributed by atoms with van der Waals surface area (Å²) >= 11 is 0. The molecule has 18 heavy (non-hydrogen) atoms. The number of phenolic OH excluding ortho intramolecular Hbond substituents is 2. The van der Waals surface area contributed by atoms with E-state index in [1.165, 1.54) is 11.1 Å². The molecule has 1 aliphatic rings. The van der Waals surface area contributed by atoms with Crippen LogP contribution < -0.4 is 5.32 Å². The second kappa shape index (κ2) is 3.94. The van der Waals surface area contributed by atoms with Crippen LogP contribution in [0.15, 0.2) is 11.6 Å². The first-order chi connectivity index (χ1) is 8.29. The Morgan fingerprint density at radius 2 is 1.78 bits per heavy atom. The van der Waals surface area contributed by atoms with Crippen LogP contribution in [0.4, 0.5) is 5.69 Å². The van der Waals surface area contributed by atoms with Gasteiger partial charge in [0.15, 0.2) is 11.5 Å². The van der Waals surface area contributed by atoms with Crippen LogP contribution in [-0.4, -0.2) is 15.8 Å². The average Bonchev–Trinajstić information content (AvgIpc) is 2.32. The Balaban J connectivity index is 2.76. The van der Waals surface area contributed by atoms with Gasteiger partial charge in [0, 0.05) is 5.56 Å². The largest absolute Gasteiger partial charge is 0.504 e. The van der Waals surface area contributed by atoms with Crippen molar-refractivity contribution in [3.63, 3.8) is 0 Å². The standard InChI is InChI=1S/C15H21NO2/c1-6-10-7-11-8(2)9(3)15(4,5)16-12(11)14(18)13(10)17/h7,16-18H,6H2,1-5H3. The predicted molar refractivity (Wildman–Crippen MR) is 75.1 cm³/mol. The van der Waals surface area contributed by atoms with E-state index in [9.17, 15) is 10.2 Å². The van der Waals surface area contributed by atoms with Crippen molar-refractivity contribution in [2.45, 2.75) is 46.6 Å². The van der Waals surface area contributed by atoms with Crippen LogP contribution in [0.3, 0.4) is 0 Å². The third kappa shape index (κ3) is 1.65. The maximum Gasteiger partial charge on any atom is 0.182 e. The molecule has 1 heterocycles. The molecule has 3 N–H and O–H groups in total. The number of hydrogen-bond donors (Lipinski definition) is 3. The minimum Gasteiger partial charge on any atom is -0.504 e. The minimum atomic E-state index is -0.214. The molecule has 0 bridgehead atoms. The molecule has 0 saturated carbocycles. The molecule has 98 valence electrons. The minimum absolute atomic E-state index is 0.00750. The fourth-order valence-electron chi connectivity index (χ4n) is 2.48. The lowest BCUT2D eigenvalue weighted by molar-refractivity contribution is 0.400. The van der Waals surface area contributed by atoms with E-state index in [0.717, 1.165) is 11.1 Å². The van der Waals surface area contributed by atoms with Gasteiger partial charge in [-0.2, -0.15) is 0 Å². The molecule has 0 unspecified atom stereocenters. The van der Waals surface area contributed by atoms with E-state index in [-0.39, 0.29) is 17.0 Å². The van der Waals surface area contributed by atoms with Crippen LogP contribution in [-0.2, 0) is 6.42 Å². The summed E-state index contributed by atoms with van der Waals surface area (Å²) < 4.78 is 0. The summed E-state index contributed by atoms with van der Waals surface area (Å²) in [5, 5.41) is 23.4. The van der Waals surface area contributed by atoms with Crippen molar-refractivity contribution in [1.82, 2.24) is 0 Å². The molecule has 0 atom stereocenters. The molecule has 1 aliphatic heterocycles. The van der Waals surface area contributed by atoms with Gasteiger partial charge >= 0.3 is 0 Å². The summed E-state index contributed by atoms with van der Waals surface area (Å²) in [4.78, 5) is 0. The van der Waals surface area contributed by atoms with Crippen LogP contribution in [0.2, 0.25) is 0 Å². The highest BCUT2D eigenvalue weighted by molar-refractivity contribution is 5.87. The van der Waals surface area contributed by atoms with Crippen molar-refractivity contribution in [3.8, 4) is 11.5 Å². The van der Waals surface area contributed by atoms with Crippen molar-refractivity contribution >= 4 is 11.3 Å². The summed E-state index contributed by atoms with van der Waals surface area (Å²) in [6.45, 7) is 10.3. The Kier molecular flexibility index (Phi) is 2.80. The molecular formula is C15H21NO2. The van der Waals surface area contributed by atoms with Crippen molar-refractivity contribution in [2.24, 2.45) is 0 Å². The van der Waals surface area contributed by atoms with Gasteiger partial charge in [0.05, 0.1) is 11.2 Å². The molecule has 2 rings (SSSR count). The monoisotopic (exact) mass is 247 g/mol. The zero-order valence-electron chi connectivity index (χ0n) is 11.7. The van der Waals surface area contributed by atoms with Gasteiger partial charge in [0.1, 0.15) is 0 Å². The van der Waals surface area contributed by atoms with E-state index in [1.54, 1.807) is 0 Å². The summed E-state index contributed by atoms with van der Waals surface area (Å²) in [5.74, 6) is -0.0452. The number of aryl methyl sites for hydroxylation is 1. The normalized spacial score (nSPS) is 17.4. The van der Waals surface area contributed by atoms with Gasteiger partial charge in [-0.25, -0.2) is 0 Å². The van der Waals surface area contributed by atoms with E-state index in [2.05, 4.69) is 33.0 Å². The zero-order valence-corrected chi connectivity index (χ0v) is 11.7. The summed E-state index contributed by atoms with van der Waals surface area (Å²) in [7, 11) is 0. The first kappa shape index (κ1) is 12.8. The fraction of sp³-hybridized carbons (Fsp3) is 0.467. The number of phenols is 2. The lowest BCUT2D eigenvalue weighted by Gasteiger charge is -2.37. The number of hydrogen-bond acceptors (Lipinski definition) is 3. The number of allylic oxidation sites excluding steroid dienone is 1. The number of fused-ring (bicyclic) bond motifs is 1. The van der Waals surface area contributed by atoms with Crippen LogP contribution >= 0.6 is 0 Å². The number of rotatable bonds is 1. The molecule has 0 amide bonds. The van der Waals surface area contributed by atoms with Crippen LogP contribution in [0.1, 0.15) is 45.7 Å². The first-order valence-electron chi connectivity index (χ1n) is 6.34. The van der Waals surface area contributed by atoms with Crippen molar-refractivity contribution in [1.29, 1.82) is 0 Å². The summed E-state index contributed by atoms with van der Waals surface area (Å²) in [6.07, 6.45) is 0.697. The van der Waals surface area contributed by atoms with Crippen molar-refractivity contribution in [2.75, 3.05) is 5.32 Å². The zero-order chi connectivity index (χ0) is 13.7. The Morgan fingerprint density at radius 3 is 2.33 bits per heavy atom. The van der Waals surface area contributed by atoms with Gasteiger partial charge in [0.2, 0.25) is 0 Å². The van der Waals surface area contributed by atoms with Crippen LogP contribution in [0.25, 0.3) is 5.57 Å². The highest BCUT2D eigenvalue weighted by Crippen LogP contribution is 2.47. The van der Waals surface area contributed by atoms with Crippen molar-refractivity contribution in [3.05, 3.63) is 22.8 Å². The summed E-state index contributed by atoms with van der Waals surface area (Å²) in [5.41, 5.74) is 4.60. The second-order valence-corrected chi connectivity index (χ2v) is 5.51. The highest BCUT2D eigenvalue weighted by Gasteiger charge is 2.31. The molecular weight excluding hydrogens is 226 g/mol. The first-order valence-corrected chi connectivity index (χ1v) is 6.34. The third-order valence-electron chi connectivity index (χ3n) is 4.08. The fourth-order valence-corrected chi connectivity index (χ4v) is 2.48. The molecule has 0 aromatic heterocycles. The highest BCUT2D eigenvalue weighted by atomic mass is 16.3. The molecule has 3 heteroatoms. The molecule has 0 aliphatic carbocycles. The quantitative estimate of drug-likeness (QED) is 0.664. The summed E-state index contributed by atoms with van der Waals surface area (Å²) in [6, 6.07) is 1.96. The van der Waals surface area contributed by atoms with Crippen LogP contribution in [0, 0.1) is 0 Å². The smallest absolute Gasteiger partial charge is 0.182 e. The van der Waals surface area contributed by atoms with E-state index in [1.807, 2.05) is 13.0 Å². The lowest BCUT2D eigenvalue weighted by Crippen LogP contribution is -2.35. The van der Waals surface area contributed by atoms with E-state index < -0.39 is 0 Å². The van der Waals surface area contributed by atoms with Gasteiger partial charge < -0.3 is 15.5 Å². The molecule has 3 nitrogen and oxygen atoms in total. The maximum absolute atomic E-state index is 10.2. The average molecular weight is 247 g/mol. The van der Waals surface area contributed by atoms with Crippen molar-refractivity contribution < 1.29 is 10.2 Å². The molecule has 0 fully saturated rings. The molecule has 1 aromatic rings. The molecule has 0 radical (unpaired) electrons. The van der Waals surface area contributed by atoms with Crippen LogP contribution in [0.5, 0.6) is 11.5 Å². The van der Waals surface area contributed by atoms with E-state index in [4.69, 9.17) is 0 Å². The number of benzene rings is 1. The Morgan fingerprint density at radius 1 is 1.17 bits per heavy atom. The topological polar surface area (TPSA) is 52.5 Å². The van der Waals surface area contributed by atoms with Gasteiger partial charge in [-0.15, -0.1) is 0 Å². The Labute approximate surface area is 108 Å². The number of anilines is 1. The van der Waals surface area contributed by atoms with Gasteiger partial charge in [-0.05, 0) is 56.9 Å². The van der Waals surface area contributed by atoms with E-state index >= 15 is 0 Å². The second-order valence-electron chi connectivity index (χ2n) is 5.51. The SMILES string of the molecule is CCc1cc2c(c(O)c1O)NC(C)(C)C(C)=C2C. The molecule has 0 saturated heterocycles. The third-order valence-corrected chi connectivity index (χ3v) is 4.08. The van der Waals surface area contributed by atoms with Gasteiger partial charge in [-0.3, -0.25) is 0 Å². The predicted octanol–water partition coefficient (Wildman–Crippen LogP) is 3.66.